The molecule has 0 aliphatic rings. The van der Waals surface area contributed by atoms with E-state index in [-0.39, 0.29) is 12.2 Å². The number of rotatable bonds is 3. The Morgan fingerprint density at radius 1 is 1.64 bits per heavy atom. The van der Waals surface area contributed by atoms with E-state index < -0.39 is 4.92 Å². The van der Waals surface area contributed by atoms with Gasteiger partial charge in [-0.1, -0.05) is 18.1 Å². The fraction of sp³-hybridized carbons (Fsp3) is 0.200. The molecule has 0 amide bonds. The molecular weight excluding hydrogens is 180 g/mol. The lowest BCUT2D eigenvalue weighted by atomic mass is 10.1. The summed E-state index contributed by atoms with van der Waals surface area (Å²) in [6.07, 6.45) is 5.07. The Hall–Kier alpha value is -2.02. The van der Waals surface area contributed by atoms with Gasteiger partial charge in [-0.15, -0.1) is 6.42 Å². The number of hydrogen-bond donors (Lipinski definition) is 1. The molecule has 1 aromatic carbocycles. The van der Waals surface area contributed by atoms with Gasteiger partial charge in [0.2, 0.25) is 0 Å². The molecule has 14 heavy (non-hydrogen) atoms. The SMILES string of the molecule is C#CCNc1c(C)cccc1[N+](=O)[O-]. The molecular formula is C10H10N2O2. The molecule has 0 fully saturated rings. The van der Waals surface area contributed by atoms with Crippen molar-refractivity contribution in [3.63, 3.8) is 0 Å². The lowest BCUT2D eigenvalue weighted by molar-refractivity contribution is -0.384. The van der Waals surface area contributed by atoms with Crippen molar-refractivity contribution in [2.45, 2.75) is 6.92 Å². The molecule has 0 heterocycles. The zero-order valence-corrected chi connectivity index (χ0v) is 7.78. The van der Waals surface area contributed by atoms with Crippen LogP contribution in [0.1, 0.15) is 5.56 Å². The second kappa shape index (κ2) is 4.28. The van der Waals surface area contributed by atoms with Crippen molar-refractivity contribution in [3.8, 4) is 12.3 Å². The monoisotopic (exact) mass is 190 g/mol. The highest BCUT2D eigenvalue weighted by Crippen LogP contribution is 2.26. The maximum atomic E-state index is 10.7. The number of anilines is 1. The van der Waals surface area contributed by atoms with Gasteiger partial charge in [0.05, 0.1) is 11.5 Å². The van der Waals surface area contributed by atoms with E-state index in [2.05, 4.69) is 11.2 Å². The van der Waals surface area contributed by atoms with Crippen LogP contribution in [0, 0.1) is 29.4 Å². The van der Waals surface area contributed by atoms with Crippen LogP contribution in [0.15, 0.2) is 18.2 Å². The van der Waals surface area contributed by atoms with E-state index >= 15 is 0 Å². The first kappa shape index (κ1) is 10.1. The Bertz CT molecular complexity index is 394. The van der Waals surface area contributed by atoms with Crippen LogP contribution in [0.25, 0.3) is 0 Å². The summed E-state index contributed by atoms with van der Waals surface area (Å²) in [6, 6.07) is 4.90. The predicted octanol–water partition coefficient (Wildman–Crippen LogP) is 1.95. The Morgan fingerprint density at radius 2 is 2.36 bits per heavy atom. The summed E-state index contributed by atoms with van der Waals surface area (Å²) in [5.74, 6) is 2.38. The van der Waals surface area contributed by atoms with Gasteiger partial charge in [-0.25, -0.2) is 0 Å². The van der Waals surface area contributed by atoms with Crippen molar-refractivity contribution in [3.05, 3.63) is 33.9 Å². The minimum absolute atomic E-state index is 0.0558. The Morgan fingerprint density at radius 3 is 2.93 bits per heavy atom. The summed E-state index contributed by atoms with van der Waals surface area (Å²) >= 11 is 0. The molecule has 0 bridgehead atoms. The second-order valence-corrected chi connectivity index (χ2v) is 2.78. The maximum absolute atomic E-state index is 10.7. The molecule has 0 radical (unpaired) electrons. The van der Waals surface area contributed by atoms with Gasteiger partial charge in [0.1, 0.15) is 5.69 Å². The van der Waals surface area contributed by atoms with Crippen LogP contribution >= 0.6 is 0 Å². The van der Waals surface area contributed by atoms with Gasteiger partial charge in [0, 0.05) is 6.07 Å². The molecule has 0 saturated heterocycles. The highest BCUT2D eigenvalue weighted by molar-refractivity contribution is 5.66. The molecule has 0 aliphatic heterocycles. The van der Waals surface area contributed by atoms with Crippen molar-refractivity contribution in [2.24, 2.45) is 0 Å². The van der Waals surface area contributed by atoms with Gasteiger partial charge in [0.25, 0.3) is 5.69 Å². The van der Waals surface area contributed by atoms with Gasteiger partial charge in [-0.3, -0.25) is 10.1 Å². The van der Waals surface area contributed by atoms with Crippen molar-refractivity contribution < 1.29 is 4.92 Å². The van der Waals surface area contributed by atoms with Crippen LogP contribution in [0.2, 0.25) is 0 Å². The first-order chi connectivity index (χ1) is 6.66. The molecule has 0 saturated carbocycles. The third-order valence-corrected chi connectivity index (χ3v) is 1.81. The van der Waals surface area contributed by atoms with Gasteiger partial charge in [-0.05, 0) is 12.5 Å². The molecule has 4 heteroatoms. The lowest BCUT2D eigenvalue weighted by Crippen LogP contribution is -2.03. The van der Waals surface area contributed by atoms with Crippen molar-refractivity contribution in [1.82, 2.24) is 0 Å². The third-order valence-electron chi connectivity index (χ3n) is 1.81. The van der Waals surface area contributed by atoms with Gasteiger partial charge in [0.15, 0.2) is 0 Å². The van der Waals surface area contributed by atoms with Gasteiger partial charge in [-0.2, -0.15) is 0 Å². The highest BCUT2D eigenvalue weighted by atomic mass is 16.6. The number of benzene rings is 1. The summed E-state index contributed by atoms with van der Waals surface area (Å²) < 4.78 is 0. The third kappa shape index (κ3) is 2.02. The minimum atomic E-state index is -0.425. The zero-order valence-electron chi connectivity index (χ0n) is 7.78. The Kier molecular flexibility index (Phi) is 3.08. The number of terminal acetylenes is 1. The molecule has 1 aromatic rings. The number of nitrogens with one attached hydrogen (secondary N) is 1. The lowest BCUT2D eigenvalue weighted by Gasteiger charge is -2.06. The molecule has 72 valence electrons. The standard InChI is InChI=1S/C10H10N2O2/c1-3-7-11-10-8(2)5-4-6-9(10)12(13)14/h1,4-6,11H,7H2,2H3. The van der Waals surface area contributed by atoms with E-state index in [0.717, 1.165) is 5.56 Å². The number of hydrogen-bond acceptors (Lipinski definition) is 3. The van der Waals surface area contributed by atoms with Crippen LogP contribution in [0.4, 0.5) is 11.4 Å². The van der Waals surface area contributed by atoms with Crippen LogP contribution in [-0.4, -0.2) is 11.5 Å². The fourth-order valence-corrected chi connectivity index (χ4v) is 1.17. The second-order valence-electron chi connectivity index (χ2n) is 2.78. The van der Waals surface area contributed by atoms with Crippen molar-refractivity contribution in [1.29, 1.82) is 0 Å². The number of aryl methyl sites for hydroxylation is 1. The summed E-state index contributed by atoms with van der Waals surface area (Å²) in [7, 11) is 0. The first-order valence-corrected chi connectivity index (χ1v) is 4.08. The van der Waals surface area contributed by atoms with Gasteiger partial charge < -0.3 is 5.32 Å². The van der Waals surface area contributed by atoms with E-state index in [0.29, 0.717) is 5.69 Å². The zero-order chi connectivity index (χ0) is 10.6. The van der Waals surface area contributed by atoms with E-state index in [1.54, 1.807) is 19.1 Å². The van der Waals surface area contributed by atoms with E-state index in [9.17, 15) is 10.1 Å². The van der Waals surface area contributed by atoms with Crippen molar-refractivity contribution >= 4 is 11.4 Å². The predicted molar refractivity (Wildman–Crippen MR) is 55.2 cm³/mol. The number of nitro benzene ring substituents is 1. The highest BCUT2D eigenvalue weighted by Gasteiger charge is 2.13. The molecule has 0 atom stereocenters. The van der Waals surface area contributed by atoms with Crippen LogP contribution in [0.5, 0.6) is 0 Å². The maximum Gasteiger partial charge on any atom is 0.292 e. The fourth-order valence-electron chi connectivity index (χ4n) is 1.17. The Balaban J connectivity index is 3.10. The van der Waals surface area contributed by atoms with Gasteiger partial charge >= 0.3 is 0 Å². The Labute approximate surface area is 82.1 Å². The summed E-state index contributed by atoms with van der Waals surface area (Å²) in [5, 5.41) is 13.5. The number of nitro groups is 1. The molecule has 0 unspecified atom stereocenters. The molecule has 1 N–H and O–H groups in total. The largest absolute Gasteiger partial charge is 0.368 e. The topological polar surface area (TPSA) is 55.2 Å². The van der Waals surface area contributed by atoms with Crippen LogP contribution < -0.4 is 5.32 Å². The summed E-state index contributed by atoms with van der Waals surface area (Å²) in [5.41, 5.74) is 1.37. The molecule has 0 aromatic heterocycles. The molecule has 0 aliphatic carbocycles. The van der Waals surface area contributed by atoms with Crippen molar-refractivity contribution in [2.75, 3.05) is 11.9 Å². The van der Waals surface area contributed by atoms with Crippen LogP contribution in [0.3, 0.4) is 0 Å². The molecule has 4 nitrogen and oxygen atoms in total. The average Bonchev–Trinajstić information content (AvgIpc) is 2.15. The minimum Gasteiger partial charge on any atom is -0.368 e. The summed E-state index contributed by atoms with van der Waals surface area (Å²) in [6.45, 7) is 2.08. The average molecular weight is 190 g/mol. The summed E-state index contributed by atoms with van der Waals surface area (Å²) in [4.78, 5) is 10.2. The quantitative estimate of drug-likeness (QED) is 0.450. The van der Waals surface area contributed by atoms with E-state index in [1.807, 2.05) is 0 Å². The smallest absolute Gasteiger partial charge is 0.292 e. The number of nitrogens with zero attached hydrogens (tertiary/aromatic N) is 1. The normalized spacial score (nSPS) is 9.14. The molecule has 0 spiro atoms. The van der Waals surface area contributed by atoms with E-state index in [1.165, 1.54) is 6.07 Å². The molecule has 1 rings (SSSR count). The number of para-hydroxylation sites is 1. The first-order valence-electron chi connectivity index (χ1n) is 4.08. The van der Waals surface area contributed by atoms with Crippen LogP contribution in [-0.2, 0) is 0 Å². The van der Waals surface area contributed by atoms with E-state index in [4.69, 9.17) is 6.42 Å².